The number of nitrogens with zero attached hydrogens (tertiary/aromatic N) is 2. The summed E-state index contributed by atoms with van der Waals surface area (Å²) in [5, 5.41) is 9.94. The summed E-state index contributed by atoms with van der Waals surface area (Å²) in [4.78, 5) is 27.7. The number of phenols is 1. The second kappa shape index (κ2) is 7.14. The Hall–Kier alpha value is -2.29. The molecular weight excluding hydrogens is 360 g/mol. The Kier molecular flexibility index (Phi) is 5.50. The number of sulfone groups is 1. The van der Waals surface area contributed by atoms with Gasteiger partial charge in [-0.05, 0) is 39.0 Å². The minimum atomic E-state index is -3.50. The van der Waals surface area contributed by atoms with Crippen molar-refractivity contribution in [2.24, 2.45) is 0 Å². The first kappa shape index (κ1) is 20.0. The van der Waals surface area contributed by atoms with Gasteiger partial charge in [0.05, 0.1) is 10.5 Å². The minimum Gasteiger partial charge on any atom is -0.507 e. The summed E-state index contributed by atoms with van der Waals surface area (Å²) in [5.74, 6) is -0.756. The first-order valence-corrected chi connectivity index (χ1v) is 10.1. The normalized spacial score (nSPS) is 15.7. The molecule has 0 bridgehead atoms. The molecule has 1 aromatic rings. The fourth-order valence-corrected chi connectivity index (χ4v) is 3.15. The first-order chi connectivity index (χ1) is 11.9. The van der Waals surface area contributed by atoms with E-state index in [0.29, 0.717) is 13.1 Å². The van der Waals surface area contributed by atoms with Crippen molar-refractivity contribution in [2.75, 3.05) is 32.4 Å². The van der Waals surface area contributed by atoms with Gasteiger partial charge in [0.1, 0.15) is 11.4 Å². The number of phenolic OH excluding ortho intramolecular Hbond substituents is 1. The number of hydrogen-bond acceptors (Lipinski definition) is 6. The van der Waals surface area contributed by atoms with E-state index in [2.05, 4.69) is 0 Å². The lowest BCUT2D eigenvalue weighted by Gasteiger charge is -2.35. The van der Waals surface area contributed by atoms with Crippen LogP contribution in [0.2, 0.25) is 0 Å². The fraction of sp³-hybridized carbons (Fsp3) is 0.529. The standard InChI is InChI=1S/C17H24N2O6S/c1-17(2,3)25-16(22)19-9-7-18(8-10-19)15(21)13-11-12(26(4,23)24)5-6-14(13)20/h5-6,11,20H,7-10H2,1-4H3. The quantitative estimate of drug-likeness (QED) is 0.828. The van der Waals surface area contributed by atoms with Gasteiger partial charge in [0.15, 0.2) is 9.84 Å². The molecule has 0 unspecified atom stereocenters. The van der Waals surface area contributed by atoms with Gasteiger partial charge in [0.25, 0.3) is 5.91 Å². The van der Waals surface area contributed by atoms with E-state index < -0.39 is 27.4 Å². The van der Waals surface area contributed by atoms with Gasteiger partial charge in [0.2, 0.25) is 0 Å². The smallest absolute Gasteiger partial charge is 0.410 e. The molecule has 1 N–H and O–H groups in total. The molecule has 0 aliphatic carbocycles. The molecule has 0 saturated carbocycles. The van der Waals surface area contributed by atoms with Crippen LogP contribution in [0.3, 0.4) is 0 Å². The van der Waals surface area contributed by atoms with E-state index in [1.165, 1.54) is 28.0 Å². The Balaban J connectivity index is 2.08. The number of carbonyl (C=O) groups is 2. The van der Waals surface area contributed by atoms with Gasteiger partial charge in [-0.3, -0.25) is 4.79 Å². The summed E-state index contributed by atoms with van der Waals surface area (Å²) in [6, 6.07) is 3.62. The van der Waals surface area contributed by atoms with Gasteiger partial charge < -0.3 is 19.6 Å². The maximum Gasteiger partial charge on any atom is 0.410 e. The van der Waals surface area contributed by atoms with Gasteiger partial charge in [-0.15, -0.1) is 0 Å². The van der Waals surface area contributed by atoms with Gasteiger partial charge in [-0.25, -0.2) is 13.2 Å². The lowest BCUT2D eigenvalue weighted by Crippen LogP contribution is -2.51. The van der Waals surface area contributed by atoms with Crippen molar-refractivity contribution in [1.29, 1.82) is 0 Å². The lowest BCUT2D eigenvalue weighted by atomic mass is 10.1. The second-order valence-electron chi connectivity index (χ2n) is 7.21. The summed E-state index contributed by atoms with van der Waals surface area (Å²) in [7, 11) is -3.50. The minimum absolute atomic E-state index is 0.0361. The third-order valence-corrected chi connectivity index (χ3v) is 4.96. The van der Waals surface area contributed by atoms with Gasteiger partial charge in [-0.1, -0.05) is 0 Å². The number of carbonyl (C=O) groups excluding carboxylic acids is 2. The van der Waals surface area contributed by atoms with Crippen LogP contribution in [-0.4, -0.2) is 73.4 Å². The van der Waals surface area contributed by atoms with Gasteiger partial charge in [-0.2, -0.15) is 0 Å². The van der Waals surface area contributed by atoms with E-state index in [9.17, 15) is 23.1 Å². The van der Waals surface area contributed by atoms with Crippen LogP contribution in [0.15, 0.2) is 23.1 Å². The zero-order chi connectivity index (χ0) is 19.7. The zero-order valence-electron chi connectivity index (χ0n) is 15.4. The highest BCUT2D eigenvalue weighted by Crippen LogP contribution is 2.23. The molecule has 144 valence electrons. The number of amides is 2. The summed E-state index contributed by atoms with van der Waals surface area (Å²) in [6.07, 6.45) is 0.597. The third-order valence-electron chi connectivity index (χ3n) is 3.85. The number of ether oxygens (including phenoxy) is 1. The summed E-state index contributed by atoms with van der Waals surface area (Å²) in [5.41, 5.74) is -0.666. The predicted molar refractivity (Wildman–Crippen MR) is 94.9 cm³/mol. The van der Waals surface area contributed by atoms with Crippen LogP contribution in [0.5, 0.6) is 5.75 Å². The van der Waals surface area contributed by atoms with Crippen molar-refractivity contribution in [3.8, 4) is 5.75 Å². The molecule has 8 nitrogen and oxygen atoms in total. The maximum atomic E-state index is 12.6. The molecule has 0 aromatic heterocycles. The highest BCUT2D eigenvalue weighted by molar-refractivity contribution is 7.90. The molecule has 2 rings (SSSR count). The van der Waals surface area contributed by atoms with Crippen LogP contribution in [0.1, 0.15) is 31.1 Å². The average Bonchev–Trinajstić information content (AvgIpc) is 2.52. The summed E-state index contributed by atoms with van der Waals surface area (Å²) in [6.45, 7) is 6.47. The molecule has 0 atom stereocenters. The monoisotopic (exact) mass is 384 g/mol. The lowest BCUT2D eigenvalue weighted by molar-refractivity contribution is 0.0140. The predicted octanol–water partition coefficient (Wildman–Crippen LogP) is 1.49. The van der Waals surface area contributed by atoms with Crippen molar-refractivity contribution in [1.82, 2.24) is 9.80 Å². The Morgan fingerprint density at radius 2 is 1.62 bits per heavy atom. The number of benzene rings is 1. The zero-order valence-corrected chi connectivity index (χ0v) is 16.2. The van der Waals surface area contributed by atoms with E-state index in [1.54, 1.807) is 20.8 Å². The van der Waals surface area contributed by atoms with E-state index in [-0.39, 0.29) is 29.3 Å². The molecule has 1 saturated heterocycles. The average molecular weight is 384 g/mol. The SMILES string of the molecule is CC(C)(C)OC(=O)N1CCN(C(=O)c2cc(S(C)(=O)=O)ccc2O)CC1. The van der Waals surface area contributed by atoms with Crippen molar-refractivity contribution in [3.63, 3.8) is 0 Å². The number of aromatic hydroxyl groups is 1. The van der Waals surface area contributed by atoms with Crippen molar-refractivity contribution in [2.45, 2.75) is 31.3 Å². The molecular formula is C17H24N2O6S. The van der Waals surface area contributed by atoms with E-state index in [4.69, 9.17) is 4.74 Å². The van der Waals surface area contributed by atoms with Crippen molar-refractivity contribution in [3.05, 3.63) is 23.8 Å². The Bertz CT molecular complexity index is 805. The molecule has 1 aliphatic heterocycles. The maximum absolute atomic E-state index is 12.6. The van der Waals surface area contributed by atoms with E-state index >= 15 is 0 Å². The van der Waals surface area contributed by atoms with Crippen LogP contribution in [0.4, 0.5) is 4.79 Å². The van der Waals surface area contributed by atoms with Gasteiger partial charge >= 0.3 is 6.09 Å². The first-order valence-electron chi connectivity index (χ1n) is 8.19. The van der Waals surface area contributed by atoms with Crippen molar-refractivity contribution < 1.29 is 27.9 Å². The molecule has 1 aromatic carbocycles. The van der Waals surface area contributed by atoms with Crippen molar-refractivity contribution >= 4 is 21.8 Å². The highest BCUT2D eigenvalue weighted by Gasteiger charge is 2.29. The Morgan fingerprint density at radius 1 is 1.08 bits per heavy atom. The molecule has 0 radical (unpaired) electrons. The molecule has 2 amide bonds. The molecule has 1 aliphatic rings. The molecule has 26 heavy (non-hydrogen) atoms. The van der Waals surface area contributed by atoms with Crippen LogP contribution >= 0.6 is 0 Å². The fourth-order valence-electron chi connectivity index (χ4n) is 2.51. The van der Waals surface area contributed by atoms with Crippen LogP contribution in [0, 0.1) is 0 Å². The Labute approximate surface area is 153 Å². The molecule has 0 spiro atoms. The second-order valence-corrected chi connectivity index (χ2v) is 9.23. The third kappa shape index (κ3) is 4.87. The van der Waals surface area contributed by atoms with E-state index in [1.807, 2.05) is 0 Å². The number of rotatable bonds is 2. The van der Waals surface area contributed by atoms with Crippen LogP contribution in [0.25, 0.3) is 0 Å². The summed E-state index contributed by atoms with van der Waals surface area (Å²) < 4.78 is 28.6. The molecule has 1 fully saturated rings. The van der Waals surface area contributed by atoms with Gasteiger partial charge in [0, 0.05) is 32.4 Å². The largest absolute Gasteiger partial charge is 0.507 e. The topological polar surface area (TPSA) is 104 Å². The number of hydrogen-bond donors (Lipinski definition) is 1. The summed E-state index contributed by atoms with van der Waals surface area (Å²) >= 11 is 0. The molecule has 1 heterocycles. The van der Waals surface area contributed by atoms with Crippen LogP contribution < -0.4 is 0 Å². The highest BCUT2D eigenvalue weighted by atomic mass is 32.2. The number of piperazine rings is 1. The van der Waals surface area contributed by atoms with E-state index in [0.717, 1.165) is 6.26 Å². The molecule has 9 heteroatoms. The van der Waals surface area contributed by atoms with Crippen LogP contribution in [-0.2, 0) is 14.6 Å². The Morgan fingerprint density at radius 3 is 2.12 bits per heavy atom.